The maximum absolute atomic E-state index is 13.4. The van der Waals surface area contributed by atoms with Crippen molar-refractivity contribution >= 4 is 17.5 Å². The summed E-state index contributed by atoms with van der Waals surface area (Å²) in [6, 6.07) is 16.6. The van der Waals surface area contributed by atoms with E-state index in [4.69, 9.17) is 10.5 Å². The van der Waals surface area contributed by atoms with Gasteiger partial charge in [-0.3, -0.25) is 14.4 Å². The van der Waals surface area contributed by atoms with Gasteiger partial charge < -0.3 is 10.5 Å². The molecule has 2 aromatic rings. The van der Waals surface area contributed by atoms with Gasteiger partial charge in [0.25, 0.3) is 0 Å². The summed E-state index contributed by atoms with van der Waals surface area (Å²) >= 11 is 0. The van der Waals surface area contributed by atoms with Crippen molar-refractivity contribution in [3.8, 4) is 5.75 Å². The summed E-state index contributed by atoms with van der Waals surface area (Å²) in [4.78, 5) is 39.5. The fourth-order valence-corrected chi connectivity index (χ4v) is 5.01. The van der Waals surface area contributed by atoms with E-state index in [1.165, 1.54) is 0 Å². The SMILES string of the molecule is COc1ccc(C(C(N)=O)(C(C)C)C2CC(c3ccccc3)C(=O)C(C)C2=O)cc1. The van der Waals surface area contributed by atoms with Crippen LogP contribution in [0.4, 0.5) is 0 Å². The van der Waals surface area contributed by atoms with Crippen LogP contribution in [0.25, 0.3) is 0 Å². The molecule has 2 aromatic carbocycles. The molecular formula is C25H29NO4. The monoisotopic (exact) mass is 407 g/mol. The lowest BCUT2D eigenvalue weighted by Crippen LogP contribution is -2.57. The van der Waals surface area contributed by atoms with Crippen molar-refractivity contribution in [1.29, 1.82) is 0 Å². The molecule has 1 saturated carbocycles. The standard InChI is InChI=1S/C25H29NO4/c1-15(2)25(24(26)29,18-10-12-19(30-4)13-11-18)21-14-20(17-8-6-5-7-9-17)22(27)16(3)23(21)28/h5-13,15-16,20-21H,14H2,1-4H3,(H2,26,29). The lowest BCUT2D eigenvalue weighted by Gasteiger charge is -2.45. The van der Waals surface area contributed by atoms with Crippen molar-refractivity contribution < 1.29 is 19.1 Å². The summed E-state index contributed by atoms with van der Waals surface area (Å²) in [7, 11) is 1.57. The van der Waals surface area contributed by atoms with Gasteiger partial charge in [0.1, 0.15) is 11.5 Å². The zero-order valence-electron chi connectivity index (χ0n) is 17.9. The molecule has 1 amide bonds. The highest BCUT2D eigenvalue weighted by atomic mass is 16.5. The predicted octanol–water partition coefficient (Wildman–Crippen LogP) is 3.65. The molecule has 0 saturated heterocycles. The molecule has 5 nitrogen and oxygen atoms in total. The Hall–Kier alpha value is -2.95. The average molecular weight is 408 g/mol. The molecule has 30 heavy (non-hydrogen) atoms. The molecule has 0 heterocycles. The van der Waals surface area contributed by atoms with E-state index in [0.29, 0.717) is 11.3 Å². The van der Waals surface area contributed by atoms with Crippen LogP contribution in [0.15, 0.2) is 54.6 Å². The maximum atomic E-state index is 13.4. The normalized spacial score (nSPS) is 23.8. The third kappa shape index (κ3) is 3.42. The van der Waals surface area contributed by atoms with Crippen molar-refractivity contribution in [3.63, 3.8) is 0 Å². The highest BCUT2D eigenvalue weighted by molar-refractivity contribution is 6.10. The van der Waals surface area contributed by atoms with Gasteiger partial charge in [0.15, 0.2) is 5.78 Å². The van der Waals surface area contributed by atoms with Crippen molar-refractivity contribution in [2.45, 2.75) is 38.5 Å². The molecule has 1 aliphatic rings. The number of ketones is 2. The average Bonchev–Trinajstić information content (AvgIpc) is 2.74. The molecule has 1 aliphatic carbocycles. The van der Waals surface area contributed by atoms with Crippen molar-refractivity contribution in [2.75, 3.05) is 7.11 Å². The number of carbonyl (C=O) groups excluding carboxylic acids is 3. The van der Waals surface area contributed by atoms with E-state index in [1.54, 1.807) is 38.3 Å². The first-order valence-electron chi connectivity index (χ1n) is 10.3. The van der Waals surface area contributed by atoms with Crippen LogP contribution < -0.4 is 10.5 Å². The first-order chi connectivity index (χ1) is 14.2. The van der Waals surface area contributed by atoms with Gasteiger partial charge in [0.05, 0.1) is 18.4 Å². The minimum absolute atomic E-state index is 0.0979. The number of primary amides is 1. The van der Waals surface area contributed by atoms with Crippen molar-refractivity contribution in [2.24, 2.45) is 23.5 Å². The zero-order chi connectivity index (χ0) is 22.1. The van der Waals surface area contributed by atoms with Crippen LogP contribution >= 0.6 is 0 Å². The largest absolute Gasteiger partial charge is 0.497 e. The molecule has 0 bridgehead atoms. The Morgan fingerprint density at radius 3 is 2.13 bits per heavy atom. The second-order valence-corrected chi connectivity index (χ2v) is 8.39. The fraction of sp³-hybridized carbons (Fsp3) is 0.400. The highest BCUT2D eigenvalue weighted by Gasteiger charge is 2.56. The number of carbonyl (C=O) groups is 3. The van der Waals surface area contributed by atoms with E-state index in [-0.39, 0.29) is 23.9 Å². The third-order valence-electron chi connectivity index (χ3n) is 6.65. The summed E-state index contributed by atoms with van der Waals surface area (Å²) in [5.74, 6) is -2.37. The number of ether oxygens (including phenoxy) is 1. The van der Waals surface area contributed by atoms with Gasteiger partial charge in [0, 0.05) is 11.8 Å². The second-order valence-electron chi connectivity index (χ2n) is 8.39. The molecule has 5 heteroatoms. The summed E-state index contributed by atoms with van der Waals surface area (Å²) < 4.78 is 5.25. The maximum Gasteiger partial charge on any atom is 0.229 e. The number of rotatable bonds is 6. The van der Waals surface area contributed by atoms with Crippen LogP contribution in [0.3, 0.4) is 0 Å². The molecule has 4 unspecified atom stereocenters. The number of Topliss-reactive ketones (excluding diaryl/α,β-unsaturated/α-hetero) is 2. The third-order valence-corrected chi connectivity index (χ3v) is 6.65. The molecular weight excluding hydrogens is 378 g/mol. The van der Waals surface area contributed by atoms with Crippen LogP contribution in [0.1, 0.15) is 44.2 Å². The van der Waals surface area contributed by atoms with E-state index in [1.807, 2.05) is 44.2 Å². The Balaban J connectivity index is 2.17. The highest BCUT2D eigenvalue weighted by Crippen LogP contribution is 2.48. The zero-order valence-corrected chi connectivity index (χ0v) is 17.9. The molecule has 1 fully saturated rings. The predicted molar refractivity (Wildman–Crippen MR) is 115 cm³/mol. The minimum Gasteiger partial charge on any atom is -0.497 e. The van der Waals surface area contributed by atoms with E-state index >= 15 is 0 Å². The summed E-state index contributed by atoms with van der Waals surface area (Å²) in [5, 5.41) is 0. The lowest BCUT2D eigenvalue weighted by molar-refractivity contribution is -0.146. The Morgan fingerprint density at radius 1 is 1.03 bits per heavy atom. The van der Waals surface area contributed by atoms with E-state index < -0.39 is 29.1 Å². The molecule has 2 N–H and O–H groups in total. The number of hydrogen-bond acceptors (Lipinski definition) is 4. The van der Waals surface area contributed by atoms with Gasteiger partial charge >= 0.3 is 0 Å². The number of hydrogen-bond donors (Lipinski definition) is 1. The Kier molecular flexibility index (Phi) is 6.11. The number of benzene rings is 2. The second kappa shape index (κ2) is 8.42. The van der Waals surface area contributed by atoms with Gasteiger partial charge in [-0.25, -0.2) is 0 Å². The van der Waals surface area contributed by atoms with Crippen LogP contribution in [0.5, 0.6) is 5.75 Å². The summed E-state index contributed by atoms with van der Waals surface area (Å²) in [5.41, 5.74) is 6.35. The lowest BCUT2D eigenvalue weighted by atomic mass is 9.55. The summed E-state index contributed by atoms with van der Waals surface area (Å²) in [6.45, 7) is 5.45. The number of nitrogens with two attached hydrogens (primary N) is 1. The smallest absolute Gasteiger partial charge is 0.229 e. The minimum atomic E-state index is -1.22. The Bertz CT molecular complexity index is 935. The first-order valence-corrected chi connectivity index (χ1v) is 10.3. The van der Waals surface area contributed by atoms with Gasteiger partial charge in [-0.1, -0.05) is 56.3 Å². The van der Waals surface area contributed by atoms with Crippen LogP contribution in [0, 0.1) is 17.8 Å². The molecule has 0 aromatic heterocycles. The molecule has 3 rings (SSSR count). The fourth-order valence-electron chi connectivity index (χ4n) is 5.01. The molecule has 0 radical (unpaired) electrons. The van der Waals surface area contributed by atoms with E-state index in [0.717, 1.165) is 5.56 Å². The van der Waals surface area contributed by atoms with Gasteiger partial charge in [-0.15, -0.1) is 0 Å². The number of methoxy groups -OCH3 is 1. The van der Waals surface area contributed by atoms with E-state index in [2.05, 4.69) is 0 Å². The van der Waals surface area contributed by atoms with Gasteiger partial charge in [0.2, 0.25) is 5.91 Å². The quantitative estimate of drug-likeness (QED) is 0.741. The van der Waals surface area contributed by atoms with Gasteiger partial charge in [-0.2, -0.15) is 0 Å². The topological polar surface area (TPSA) is 86.5 Å². The van der Waals surface area contributed by atoms with Crippen LogP contribution in [0.2, 0.25) is 0 Å². The molecule has 0 spiro atoms. The van der Waals surface area contributed by atoms with Crippen molar-refractivity contribution in [1.82, 2.24) is 0 Å². The first kappa shape index (κ1) is 21.8. The van der Waals surface area contributed by atoms with E-state index in [9.17, 15) is 14.4 Å². The van der Waals surface area contributed by atoms with Gasteiger partial charge in [-0.05, 0) is 42.5 Å². The van der Waals surface area contributed by atoms with Crippen LogP contribution in [-0.2, 0) is 19.8 Å². The molecule has 158 valence electrons. The van der Waals surface area contributed by atoms with Crippen LogP contribution in [-0.4, -0.2) is 24.6 Å². The Morgan fingerprint density at radius 2 is 1.63 bits per heavy atom. The Labute approximate surface area is 177 Å². The number of amides is 1. The molecule has 0 aliphatic heterocycles. The summed E-state index contributed by atoms with van der Waals surface area (Å²) in [6.07, 6.45) is 0.263. The molecule has 4 atom stereocenters. The van der Waals surface area contributed by atoms with Crippen molar-refractivity contribution in [3.05, 3.63) is 65.7 Å².